The number of phenolic OH excluding ortho intramolecular Hbond substituents is 1. The molecule has 0 aliphatic rings. The Morgan fingerprint density at radius 3 is 2.78 bits per heavy atom. The SMILES string of the molecule is Oc1ccc(Nc2nc3ccccc3s2)c(F)c1. The molecule has 0 spiro atoms. The van der Waals surface area contributed by atoms with E-state index in [0.29, 0.717) is 10.8 Å². The van der Waals surface area contributed by atoms with Crippen LogP contribution in [0.2, 0.25) is 0 Å². The monoisotopic (exact) mass is 260 g/mol. The minimum atomic E-state index is -0.505. The van der Waals surface area contributed by atoms with Gasteiger partial charge < -0.3 is 10.4 Å². The van der Waals surface area contributed by atoms with Gasteiger partial charge in [-0.1, -0.05) is 23.5 Å². The highest BCUT2D eigenvalue weighted by molar-refractivity contribution is 7.22. The second-order valence-electron chi connectivity index (χ2n) is 3.78. The molecule has 1 aromatic heterocycles. The third kappa shape index (κ3) is 2.00. The molecule has 0 amide bonds. The number of thiazole rings is 1. The van der Waals surface area contributed by atoms with E-state index >= 15 is 0 Å². The van der Waals surface area contributed by atoms with Gasteiger partial charge in [0.15, 0.2) is 5.13 Å². The second kappa shape index (κ2) is 4.27. The van der Waals surface area contributed by atoms with E-state index in [-0.39, 0.29) is 5.75 Å². The number of anilines is 2. The van der Waals surface area contributed by atoms with Crippen molar-refractivity contribution in [1.82, 2.24) is 4.98 Å². The number of hydrogen-bond acceptors (Lipinski definition) is 4. The van der Waals surface area contributed by atoms with E-state index < -0.39 is 5.82 Å². The summed E-state index contributed by atoms with van der Waals surface area (Å²) in [6.07, 6.45) is 0. The van der Waals surface area contributed by atoms with Crippen LogP contribution >= 0.6 is 11.3 Å². The first-order chi connectivity index (χ1) is 8.72. The van der Waals surface area contributed by atoms with E-state index in [1.165, 1.54) is 23.5 Å². The Morgan fingerprint density at radius 1 is 1.17 bits per heavy atom. The zero-order valence-electron chi connectivity index (χ0n) is 9.22. The molecule has 3 rings (SSSR count). The Bertz CT molecular complexity index is 678. The molecule has 2 N–H and O–H groups in total. The minimum Gasteiger partial charge on any atom is -0.508 e. The lowest BCUT2D eigenvalue weighted by Gasteiger charge is -2.03. The molecule has 0 bridgehead atoms. The van der Waals surface area contributed by atoms with E-state index in [1.54, 1.807) is 0 Å². The van der Waals surface area contributed by atoms with Gasteiger partial charge in [0.2, 0.25) is 0 Å². The molecule has 0 saturated heterocycles. The summed E-state index contributed by atoms with van der Waals surface area (Å²) in [5, 5.41) is 12.7. The molecular weight excluding hydrogens is 251 g/mol. The molecule has 0 radical (unpaired) electrons. The molecule has 1 heterocycles. The zero-order chi connectivity index (χ0) is 12.5. The van der Waals surface area contributed by atoms with Gasteiger partial charge in [0.25, 0.3) is 0 Å². The van der Waals surface area contributed by atoms with E-state index in [2.05, 4.69) is 10.3 Å². The summed E-state index contributed by atoms with van der Waals surface area (Å²) in [7, 11) is 0. The molecule has 0 aliphatic heterocycles. The Hall–Kier alpha value is -2.14. The lowest BCUT2D eigenvalue weighted by molar-refractivity contribution is 0.469. The highest BCUT2D eigenvalue weighted by atomic mass is 32.1. The van der Waals surface area contributed by atoms with E-state index in [0.717, 1.165) is 16.3 Å². The lowest BCUT2D eigenvalue weighted by Crippen LogP contribution is -1.92. The number of hydrogen-bond donors (Lipinski definition) is 2. The number of aromatic nitrogens is 1. The smallest absolute Gasteiger partial charge is 0.188 e. The molecule has 3 aromatic rings. The average molecular weight is 260 g/mol. The van der Waals surface area contributed by atoms with Crippen LogP contribution in [0.25, 0.3) is 10.2 Å². The molecule has 3 nitrogen and oxygen atoms in total. The van der Waals surface area contributed by atoms with Crippen molar-refractivity contribution in [1.29, 1.82) is 0 Å². The molecule has 0 aliphatic carbocycles. The maximum Gasteiger partial charge on any atom is 0.188 e. The number of nitrogens with zero attached hydrogens (tertiary/aromatic N) is 1. The van der Waals surface area contributed by atoms with E-state index in [4.69, 9.17) is 5.11 Å². The highest BCUT2D eigenvalue weighted by Crippen LogP contribution is 2.29. The van der Waals surface area contributed by atoms with Crippen molar-refractivity contribution in [3.8, 4) is 5.75 Å². The Labute approximate surface area is 107 Å². The van der Waals surface area contributed by atoms with Gasteiger partial charge in [-0.2, -0.15) is 0 Å². The standard InChI is InChI=1S/C13H9FN2OS/c14-9-7-8(17)5-6-10(9)15-13-16-11-3-1-2-4-12(11)18-13/h1-7,17H,(H,15,16). The third-order valence-electron chi connectivity index (χ3n) is 2.49. The van der Waals surface area contributed by atoms with Gasteiger partial charge in [-0.15, -0.1) is 0 Å². The van der Waals surface area contributed by atoms with Crippen molar-refractivity contribution < 1.29 is 9.50 Å². The van der Waals surface area contributed by atoms with Crippen LogP contribution in [-0.4, -0.2) is 10.1 Å². The van der Waals surface area contributed by atoms with E-state index in [1.807, 2.05) is 24.3 Å². The number of rotatable bonds is 2. The highest BCUT2D eigenvalue weighted by Gasteiger charge is 2.07. The summed E-state index contributed by atoms with van der Waals surface area (Å²) in [5.41, 5.74) is 1.18. The van der Waals surface area contributed by atoms with Gasteiger partial charge in [-0.3, -0.25) is 0 Å². The minimum absolute atomic E-state index is 0.0950. The van der Waals surface area contributed by atoms with Crippen LogP contribution in [0.4, 0.5) is 15.2 Å². The number of nitrogens with one attached hydrogen (secondary N) is 1. The van der Waals surface area contributed by atoms with Crippen LogP contribution < -0.4 is 5.32 Å². The predicted octanol–water partition coefficient (Wildman–Crippen LogP) is 3.88. The summed E-state index contributed by atoms with van der Waals surface area (Å²) in [4.78, 5) is 4.35. The normalized spacial score (nSPS) is 10.7. The van der Waals surface area contributed by atoms with E-state index in [9.17, 15) is 4.39 Å². The number of phenols is 1. The average Bonchev–Trinajstić information content (AvgIpc) is 2.75. The van der Waals surface area contributed by atoms with Crippen molar-refractivity contribution in [2.45, 2.75) is 0 Å². The Balaban J connectivity index is 1.96. The fourth-order valence-corrected chi connectivity index (χ4v) is 2.52. The molecule has 5 heteroatoms. The first kappa shape index (κ1) is 11.0. The van der Waals surface area contributed by atoms with Gasteiger partial charge >= 0.3 is 0 Å². The van der Waals surface area contributed by atoms with Gasteiger partial charge in [0.05, 0.1) is 15.9 Å². The number of benzene rings is 2. The molecule has 0 unspecified atom stereocenters. The van der Waals surface area contributed by atoms with Gasteiger partial charge in [-0.25, -0.2) is 9.37 Å². The van der Waals surface area contributed by atoms with Crippen molar-refractivity contribution in [2.24, 2.45) is 0 Å². The van der Waals surface area contributed by atoms with Crippen molar-refractivity contribution >= 4 is 32.4 Å². The summed E-state index contributed by atoms with van der Waals surface area (Å²) < 4.78 is 14.6. The lowest BCUT2D eigenvalue weighted by atomic mass is 10.3. The van der Waals surface area contributed by atoms with Crippen LogP contribution in [0.5, 0.6) is 5.75 Å². The van der Waals surface area contributed by atoms with Gasteiger partial charge in [-0.05, 0) is 24.3 Å². The van der Waals surface area contributed by atoms with Crippen LogP contribution in [0, 0.1) is 5.82 Å². The van der Waals surface area contributed by atoms with Crippen LogP contribution in [0.15, 0.2) is 42.5 Å². The fraction of sp³-hybridized carbons (Fsp3) is 0. The molecule has 0 saturated carbocycles. The molecule has 18 heavy (non-hydrogen) atoms. The molecule has 90 valence electrons. The number of aromatic hydroxyl groups is 1. The third-order valence-corrected chi connectivity index (χ3v) is 3.44. The van der Waals surface area contributed by atoms with Crippen molar-refractivity contribution in [3.63, 3.8) is 0 Å². The van der Waals surface area contributed by atoms with Gasteiger partial charge in [0, 0.05) is 6.07 Å². The first-order valence-corrected chi connectivity index (χ1v) is 6.15. The molecule has 0 fully saturated rings. The maximum absolute atomic E-state index is 13.5. The van der Waals surface area contributed by atoms with Crippen molar-refractivity contribution in [3.05, 3.63) is 48.3 Å². The Morgan fingerprint density at radius 2 is 2.00 bits per heavy atom. The van der Waals surface area contributed by atoms with Crippen LogP contribution in [-0.2, 0) is 0 Å². The van der Waals surface area contributed by atoms with Gasteiger partial charge in [0.1, 0.15) is 11.6 Å². The summed E-state index contributed by atoms with van der Waals surface area (Å²) in [5.74, 6) is -0.600. The Kier molecular flexibility index (Phi) is 2.60. The molecular formula is C13H9FN2OS. The number of fused-ring (bicyclic) bond motifs is 1. The topological polar surface area (TPSA) is 45.1 Å². The quantitative estimate of drug-likeness (QED) is 0.687. The predicted molar refractivity (Wildman–Crippen MR) is 71.0 cm³/mol. The first-order valence-electron chi connectivity index (χ1n) is 5.33. The number of halogens is 1. The summed E-state index contributed by atoms with van der Waals surface area (Å²) in [6.45, 7) is 0. The van der Waals surface area contributed by atoms with Crippen LogP contribution in [0.1, 0.15) is 0 Å². The number of para-hydroxylation sites is 1. The maximum atomic E-state index is 13.5. The van der Waals surface area contributed by atoms with Crippen molar-refractivity contribution in [2.75, 3.05) is 5.32 Å². The summed E-state index contributed by atoms with van der Waals surface area (Å²) in [6, 6.07) is 11.7. The summed E-state index contributed by atoms with van der Waals surface area (Å²) >= 11 is 1.45. The largest absolute Gasteiger partial charge is 0.508 e. The molecule has 2 aromatic carbocycles. The molecule has 0 atom stereocenters. The second-order valence-corrected chi connectivity index (χ2v) is 4.81. The van der Waals surface area contributed by atoms with Crippen LogP contribution in [0.3, 0.4) is 0 Å². The fourth-order valence-electron chi connectivity index (χ4n) is 1.65. The zero-order valence-corrected chi connectivity index (χ0v) is 10.0.